The maximum atomic E-state index is 5.60. The Bertz CT molecular complexity index is 1650. The van der Waals surface area contributed by atoms with Crippen LogP contribution in [0.2, 0.25) is 0 Å². The van der Waals surface area contributed by atoms with E-state index in [0.717, 1.165) is 23.2 Å². The average Bonchev–Trinajstić information content (AvgIpc) is 3.11. The van der Waals surface area contributed by atoms with Gasteiger partial charge in [-0.15, -0.1) is 0 Å². The van der Waals surface area contributed by atoms with Crippen molar-refractivity contribution in [1.82, 2.24) is 4.98 Å². The molecule has 2 aliphatic rings. The molecule has 0 radical (unpaired) electrons. The Hall–Kier alpha value is -4.17. The van der Waals surface area contributed by atoms with Crippen LogP contribution in [-0.2, 0) is 0 Å². The van der Waals surface area contributed by atoms with Crippen molar-refractivity contribution in [3.05, 3.63) is 144 Å². The van der Waals surface area contributed by atoms with Crippen molar-refractivity contribution in [3.63, 3.8) is 0 Å². The first-order valence-electron chi connectivity index (χ1n) is 17.2. The third kappa shape index (κ3) is 6.21. The molecule has 2 heteroatoms. The molecule has 4 atom stereocenters. The van der Waals surface area contributed by atoms with Crippen LogP contribution in [0.25, 0.3) is 22.3 Å². The fourth-order valence-corrected chi connectivity index (χ4v) is 8.32. The summed E-state index contributed by atoms with van der Waals surface area (Å²) in [6.07, 6.45) is 9.57. The number of pyridine rings is 1. The second-order valence-corrected chi connectivity index (χ2v) is 13.6. The molecule has 2 aliphatic carbocycles. The van der Waals surface area contributed by atoms with Gasteiger partial charge >= 0.3 is 0 Å². The van der Waals surface area contributed by atoms with Crippen molar-refractivity contribution in [2.24, 2.45) is 11.8 Å². The number of hydrogen-bond donors (Lipinski definition) is 1. The van der Waals surface area contributed by atoms with Crippen molar-refractivity contribution in [2.75, 3.05) is 5.32 Å². The summed E-state index contributed by atoms with van der Waals surface area (Å²) in [7, 11) is 0. The number of hydrogen-bond acceptors (Lipinski definition) is 2. The van der Waals surface area contributed by atoms with Crippen molar-refractivity contribution in [3.8, 4) is 22.3 Å². The molecule has 5 aromatic rings. The molecule has 4 aromatic carbocycles. The summed E-state index contributed by atoms with van der Waals surface area (Å²) in [5.41, 5.74) is 11.1. The average molecular weight is 591 g/mol. The Morgan fingerprint density at radius 3 is 1.87 bits per heavy atom. The van der Waals surface area contributed by atoms with Crippen molar-refractivity contribution >= 4 is 5.69 Å². The first-order valence-corrected chi connectivity index (χ1v) is 17.2. The van der Waals surface area contributed by atoms with Crippen LogP contribution in [-0.4, -0.2) is 4.98 Å². The van der Waals surface area contributed by atoms with Gasteiger partial charge in [-0.05, 0) is 65.0 Å². The van der Waals surface area contributed by atoms with Gasteiger partial charge in [-0.1, -0.05) is 155 Å². The number of nitrogens with zero attached hydrogens (tertiary/aromatic N) is 1. The van der Waals surface area contributed by atoms with Crippen LogP contribution < -0.4 is 5.32 Å². The predicted octanol–water partition coefficient (Wildman–Crippen LogP) is 11.8. The minimum atomic E-state index is -0.0957. The van der Waals surface area contributed by atoms with Crippen LogP contribution >= 0.6 is 0 Å². The molecule has 1 aromatic heterocycles. The van der Waals surface area contributed by atoms with Crippen molar-refractivity contribution in [2.45, 2.75) is 76.7 Å². The summed E-state index contributed by atoms with van der Waals surface area (Å²) in [5, 5.41) is 4.17. The molecule has 4 unspecified atom stereocenters. The maximum Gasteiger partial charge on any atom is 0.0943 e. The third-order valence-electron chi connectivity index (χ3n) is 10.5. The number of fused-ring (bicyclic) bond motifs is 1. The van der Waals surface area contributed by atoms with Crippen LogP contribution in [0.1, 0.15) is 99.2 Å². The number of para-hydroxylation sites is 1. The molecule has 1 heterocycles. The van der Waals surface area contributed by atoms with E-state index in [-0.39, 0.29) is 6.04 Å². The number of nitrogens with one attached hydrogen (secondary N) is 1. The Morgan fingerprint density at radius 1 is 0.578 bits per heavy atom. The summed E-state index contributed by atoms with van der Waals surface area (Å²) < 4.78 is 0. The first kappa shape index (κ1) is 29.5. The van der Waals surface area contributed by atoms with Gasteiger partial charge in [-0.25, -0.2) is 0 Å². The lowest BCUT2D eigenvalue weighted by Gasteiger charge is -2.41. The van der Waals surface area contributed by atoms with E-state index in [1.54, 1.807) is 0 Å². The zero-order valence-electron chi connectivity index (χ0n) is 26.8. The van der Waals surface area contributed by atoms with Gasteiger partial charge in [-0.3, -0.25) is 4.98 Å². The molecule has 0 bridgehead atoms. The number of anilines is 1. The van der Waals surface area contributed by atoms with Crippen molar-refractivity contribution < 1.29 is 0 Å². The van der Waals surface area contributed by atoms with Crippen LogP contribution in [0.5, 0.6) is 0 Å². The summed E-state index contributed by atoms with van der Waals surface area (Å²) in [4.78, 5) is 5.60. The number of rotatable bonds is 8. The Kier molecular flexibility index (Phi) is 8.83. The molecule has 7 rings (SSSR count). The first-order chi connectivity index (χ1) is 22.2. The second-order valence-electron chi connectivity index (χ2n) is 13.6. The molecule has 2 fully saturated rings. The monoisotopic (exact) mass is 590 g/mol. The van der Waals surface area contributed by atoms with Crippen LogP contribution in [0.3, 0.4) is 0 Å². The van der Waals surface area contributed by atoms with Crippen molar-refractivity contribution in [1.29, 1.82) is 0 Å². The quantitative estimate of drug-likeness (QED) is 0.194. The molecule has 0 amide bonds. The molecule has 2 saturated carbocycles. The van der Waals surface area contributed by atoms with Crippen LogP contribution in [0.15, 0.2) is 121 Å². The summed E-state index contributed by atoms with van der Waals surface area (Å²) in [6, 6.07) is 44.0. The zero-order chi connectivity index (χ0) is 30.6. The zero-order valence-corrected chi connectivity index (χ0v) is 26.8. The molecular weight excluding hydrogens is 544 g/mol. The minimum absolute atomic E-state index is 0.0957. The van der Waals surface area contributed by atoms with E-state index >= 15 is 0 Å². The standard InChI is InChI=1S/C43H46N2/c1-30(2)34-22-11-12-24-39(34)43(41-29-15-28-40(44-41)38-27-13-21-31-20-9-10-23-35(31)38)45-42-36(32-16-5-3-6-17-32)25-14-26-37(42)33-18-7-4-8-19-33/h3-8,11-12,14-19,22,24-26,28-31,35,38,43,45H,9-10,13,20-21,23,27H2,1-2H3. The van der Waals surface area contributed by atoms with E-state index in [1.807, 2.05) is 0 Å². The Labute approximate surface area is 270 Å². The van der Waals surface area contributed by atoms with Crippen LogP contribution in [0.4, 0.5) is 5.69 Å². The SMILES string of the molecule is CC(C)c1ccccc1C(Nc1c(-c2ccccc2)cccc1-c1ccccc1)c1cccc(C2CCCC3CCCCC32)n1. The van der Waals surface area contributed by atoms with Gasteiger partial charge in [0.2, 0.25) is 0 Å². The number of aromatic nitrogens is 1. The minimum Gasteiger partial charge on any atom is -0.372 e. The highest BCUT2D eigenvalue weighted by atomic mass is 15.0. The summed E-state index contributed by atoms with van der Waals surface area (Å²) in [6.45, 7) is 4.61. The summed E-state index contributed by atoms with van der Waals surface area (Å²) >= 11 is 0. The maximum absolute atomic E-state index is 5.60. The lowest BCUT2D eigenvalue weighted by molar-refractivity contribution is 0.142. The van der Waals surface area contributed by atoms with Gasteiger partial charge < -0.3 is 5.32 Å². The van der Waals surface area contributed by atoms with Gasteiger partial charge in [0.15, 0.2) is 0 Å². The molecule has 1 N–H and O–H groups in total. The molecule has 0 aliphatic heterocycles. The normalized spacial score (nSPS) is 20.4. The second kappa shape index (κ2) is 13.4. The molecular formula is C43H46N2. The lowest BCUT2D eigenvalue weighted by atomic mass is 9.64. The third-order valence-corrected chi connectivity index (χ3v) is 10.5. The van der Waals surface area contributed by atoms with Gasteiger partial charge in [0.25, 0.3) is 0 Å². The Balaban J connectivity index is 1.38. The fraction of sp³-hybridized carbons (Fsp3) is 0.326. The predicted molar refractivity (Wildman–Crippen MR) is 190 cm³/mol. The highest BCUT2D eigenvalue weighted by Crippen LogP contribution is 2.48. The van der Waals surface area contributed by atoms with E-state index in [1.165, 1.54) is 84.0 Å². The molecule has 45 heavy (non-hydrogen) atoms. The highest BCUT2D eigenvalue weighted by molar-refractivity contribution is 5.91. The molecule has 228 valence electrons. The van der Waals surface area contributed by atoms with E-state index < -0.39 is 0 Å². The lowest BCUT2D eigenvalue weighted by Crippen LogP contribution is -2.30. The molecule has 2 nitrogen and oxygen atoms in total. The van der Waals surface area contributed by atoms with E-state index in [2.05, 4.69) is 140 Å². The Morgan fingerprint density at radius 2 is 1.18 bits per heavy atom. The van der Waals surface area contributed by atoms with E-state index in [0.29, 0.717) is 11.8 Å². The van der Waals surface area contributed by atoms with Gasteiger partial charge in [-0.2, -0.15) is 0 Å². The molecule has 0 spiro atoms. The largest absolute Gasteiger partial charge is 0.372 e. The summed E-state index contributed by atoms with van der Waals surface area (Å²) in [5.74, 6) is 2.63. The van der Waals surface area contributed by atoms with Gasteiger partial charge in [0.05, 0.1) is 17.4 Å². The number of benzene rings is 4. The highest BCUT2D eigenvalue weighted by Gasteiger charge is 2.36. The van der Waals surface area contributed by atoms with E-state index in [9.17, 15) is 0 Å². The van der Waals surface area contributed by atoms with Crippen LogP contribution in [0, 0.1) is 11.8 Å². The van der Waals surface area contributed by atoms with E-state index in [4.69, 9.17) is 4.98 Å². The van der Waals surface area contributed by atoms with Gasteiger partial charge in [0, 0.05) is 22.7 Å². The topological polar surface area (TPSA) is 24.9 Å². The molecule has 0 saturated heterocycles. The smallest absolute Gasteiger partial charge is 0.0943 e. The van der Waals surface area contributed by atoms with Gasteiger partial charge in [0.1, 0.15) is 0 Å². The fourth-order valence-electron chi connectivity index (χ4n) is 8.32.